The van der Waals surface area contributed by atoms with E-state index in [1.54, 1.807) is 18.6 Å². The van der Waals surface area contributed by atoms with E-state index >= 15 is 0 Å². The Morgan fingerprint density at radius 1 is 1.19 bits per heavy atom. The first-order valence-corrected chi connectivity index (χ1v) is 10.7. The van der Waals surface area contributed by atoms with Gasteiger partial charge in [-0.05, 0) is 17.5 Å². The predicted molar refractivity (Wildman–Crippen MR) is 101 cm³/mol. The summed E-state index contributed by atoms with van der Waals surface area (Å²) >= 11 is 2.16. The summed E-state index contributed by atoms with van der Waals surface area (Å²) in [5.41, 5.74) is 0.978. The maximum Gasteiger partial charge on any atom is 0.273 e. The molecule has 0 bridgehead atoms. The number of nitrogens with zero attached hydrogens (tertiary/aromatic N) is 1. The Balaban J connectivity index is 1.65. The molecule has 136 valence electrons. The number of hydrogen-bond acceptors (Lipinski definition) is 7. The molecule has 0 aliphatic rings. The molecule has 0 aliphatic carbocycles. The summed E-state index contributed by atoms with van der Waals surface area (Å²) in [5.74, 6) is 0.282. The second-order valence-electron chi connectivity index (χ2n) is 5.07. The van der Waals surface area contributed by atoms with Crippen molar-refractivity contribution in [3.05, 3.63) is 58.4 Å². The monoisotopic (exact) mass is 409 g/mol. The molecule has 0 unspecified atom stereocenters. The number of anilines is 1. The molecule has 0 saturated heterocycles. The number of amides is 1. The molecule has 0 saturated carbocycles. The Bertz CT molecular complexity index is 997. The van der Waals surface area contributed by atoms with Crippen molar-refractivity contribution in [2.24, 2.45) is 0 Å². The quantitative estimate of drug-likeness (QED) is 0.625. The molecule has 10 heteroatoms. The smallest absolute Gasteiger partial charge is 0.273 e. The molecule has 2 heterocycles. The molecule has 3 aromatic rings. The summed E-state index contributed by atoms with van der Waals surface area (Å²) in [6, 6.07) is 10.5. The van der Waals surface area contributed by atoms with Crippen LogP contribution in [0.15, 0.2) is 51.4 Å². The Morgan fingerprint density at radius 3 is 2.73 bits per heavy atom. The van der Waals surface area contributed by atoms with Crippen molar-refractivity contribution >= 4 is 43.7 Å². The third-order valence-corrected chi connectivity index (χ3v) is 6.97. The number of thiophene rings is 1. The number of carbonyl (C=O) groups excluding carboxylic acids is 1. The number of carbonyl (C=O) groups is 1. The van der Waals surface area contributed by atoms with Crippen LogP contribution in [0.2, 0.25) is 0 Å². The van der Waals surface area contributed by atoms with Gasteiger partial charge in [0.2, 0.25) is 0 Å². The molecule has 0 atom stereocenters. The lowest BCUT2D eigenvalue weighted by Crippen LogP contribution is -2.23. The lowest BCUT2D eigenvalue weighted by atomic mass is 10.2. The van der Waals surface area contributed by atoms with Gasteiger partial charge in [0, 0.05) is 17.5 Å². The van der Waals surface area contributed by atoms with E-state index in [1.807, 2.05) is 24.3 Å². The van der Waals surface area contributed by atoms with Crippen LogP contribution in [-0.2, 0) is 16.6 Å². The third-order valence-electron chi connectivity index (χ3n) is 3.35. The van der Waals surface area contributed by atoms with E-state index in [4.69, 9.17) is 4.74 Å². The first-order chi connectivity index (χ1) is 12.5. The summed E-state index contributed by atoms with van der Waals surface area (Å²) < 4.78 is 32.2. The molecule has 0 radical (unpaired) electrons. The van der Waals surface area contributed by atoms with Gasteiger partial charge in [-0.25, -0.2) is 13.4 Å². The van der Waals surface area contributed by atoms with E-state index in [1.165, 1.54) is 11.4 Å². The molecule has 0 spiro atoms. The standard InChI is InChI=1S/C16H15N3O4S3/c1-23-13-6-3-2-5-11(13)9-17-15(20)12-10-25-16(18-12)19-26(21,22)14-7-4-8-24-14/h2-8,10H,9H2,1H3,(H,17,20)(H,18,19). The van der Waals surface area contributed by atoms with Crippen LogP contribution in [0.3, 0.4) is 0 Å². The van der Waals surface area contributed by atoms with Crippen LogP contribution in [0, 0.1) is 0 Å². The summed E-state index contributed by atoms with van der Waals surface area (Å²) in [5, 5.41) is 6.06. The molecule has 1 aromatic carbocycles. The fourth-order valence-electron chi connectivity index (χ4n) is 2.12. The molecule has 26 heavy (non-hydrogen) atoms. The van der Waals surface area contributed by atoms with Crippen LogP contribution >= 0.6 is 22.7 Å². The van der Waals surface area contributed by atoms with Crippen LogP contribution in [0.5, 0.6) is 5.75 Å². The third kappa shape index (κ3) is 4.21. The van der Waals surface area contributed by atoms with Crippen LogP contribution in [-0.4, -0.2) is 26.4 Å². The zero-order valence-corrected chi connectivity index (χ0v) is 16.1. The van der Waals surface area contributed by atoms with Crippen LogP contribution in [0.4, 0.5) is 5.13 Å². The SMILES string of the molecule is COc1ccccc1CNC(=O)c1csc(NS(=O)(=O)c2cccs2)n1. The van der Waals surface area contributed by atoms with Crippen LogP contribution in [0.25, 0.3) is 0 Å². The number of thiazole rings is 1. The van der Waals surface area contributed by atoms with E-state index in [0.29, 0.717) is 5.75 Å². The predicted octanol–water partition coefficient (Wildman–Crippen LogP) is 2.94. The van der Waals surface area contributed by atoms with Crippen molar-refractivity contribution in [1.82, 2.24) is 10.3 Å². The van der Waals surface area contributed by atoms with Gasteiger partial charge in [-0.2, -0.15) is 0 Å². The first kappa shape index (κ1) is 18.4. The fourth-order valence-corrected chi connectivity index (χ4v) is 5.06. The Kier molecular flexibility index (Phi) is 5.55. The zero-order valence-electron chi connectivity index (χ0n) is 13.6. The number of ether oxygens (including phenoxy) is 1. The minimum Gasteiger partial charge on any atom is -0.496 e. The number of para-hydroxylation sites is 1. The summed E-state index contributed by atoms with van der Waals surface area (Å²) in [4.78, 5) is 16.3. The van der Waals surface area contributed by atoms with Gasteiger partial charge in [-0.3, -0.25) is 9.52 Å². The van der Waals surface area contributed by atoms with Crippen molar-refractivity contribution in [3.63, 3.8) is 0 Å². The van der Waals surface area contributed by atoms with E-state index < -0.39 is 15.9 Å². The van der Waals surface area contributed by atoms with Gasteiger partial charge in [-0.1, -0.05) is 24.3 Å². The molecule has 0 fully saturated rings. The highest BCUT2D eigenvalue weighted by molar-refractivity contribution is 7.94. The number of benzene rings is 1. The summed E-state index contributed by atoms with van der Waals surface area (Å²) in [6.07, 6.45) is 0. The van der Waals surface area contributed by atoms with E-state index in [9.17, 15) is 13.2 Å². The first-order valence-electron chi connectivity index (χ1n) is 7.41. The highest BCUT2D eigenvalue weighted by Gasteiger charge is 2.18. The highest BCUT2D eigenvalue weighted by atomic mass is 32.2. The normalized spacial score (nSPS) is 11.1. The number of hydrogen-bond donors (Lipinski definition) is 2. The molecule has 3 rings (SSSR count). The summed E-state index contributed by atoms with van der Waals surface area (Å²) in [6.45, 7) is 0.274. The zero-order chi connectivity index (χ0) is 18.6. The molecule has 1 amide bonds. The lowest BCUT2D eigenvalue weighted by Gasteiger charge is -2.08. The number of rotatable bonds is 7. The van der Waals surface area contributed by atoms with E-state index in [2.05, 4.69) is 15.0 Å². The lowest BCUT2D eigenvalue weighted by molar-refractivity contribution is 0.0946. The van der Waals surface area contributed by atoms with Gasteiger partial charge in [-0.15, -0.1) is 22.7 Å². The Labute approximate surface area is 158 Å². The second kappa shape index (κ2) is 7.85. The maximum absolute atomic E-state index is 12.2. The van der Waals surface area contributed by atoms with Crippen molar-refractivity contribution < 1.29 is 17.9 Å². The van der Waals surface area contributed by atoms with Crippen LogP contribution < -0.4 is 14.8 Å². The number of aromatic nitrogens is 1. The molecule has 2 aromatic heterocycles. The van der Waals surface area contributed by atoms with Gasteiger partial charge in [0.25, 0.3) is 15.9 Å². The molecular formula is C16H15N3O4S3. The maximum atomic E-state index is 12.2. The minimum atomic E-state index is -3.68. The fraction of sp³-hybridized carbons (Fsp3) is 0.125. The van der Waals surface area contributed by atoms with Crippen molar-refractivity contribution in [2.45, 2.75) is 10.8 Å². The van der Waals surface area contributed by atoms with Gasteiger partial charge in [0.15, 0.2) is 5.13 Å². The van der Waals surface area contributed by atoms with Gasteiger partial charge in [0.05, 0.1) is 7.11 Å². The van der Waals surface area contributed by atoms with Crippen LogP contribution in [0.1, 0.15) is 16.1 Å². The number of methoxy groups -OCH3 is 1. The summed E-state index contributed by atoms with van der Waals surface area (Å²) in [7, 11) is -2.12. The van der Waals surface area contributed by atoms with Crippen molar-refractivity contribution in [3.8, 4) is 5.75 Å². The Hall–Kier alpha value is -2.43. The van der Waals surface area contributed by atoms with Crippen molar-refractivity contribution in [2.75, 3.05) is 11.8 Å². The molecular weight excluding hydrogens is 394 g/mol. The van der Waals surface area contributed by atoms with E-state index in [-0.39, 0.29) is 21.6 Å². The largest absolute Gasteiger partial charge is 0.496 e. The molecule has 2 N–H and O–H groups in total. The number of sulfonamides is 1. The Morgan fingerprint density at radius 2 is 2.00 bits per heavy atom. The average Bonchev–Trinajstić information content (AvgIpc) is 3.31. The average molecular weight is 410 g/mol. The van der Waals surface area contributed by atoms with Gasteiger partial charge < -0.3 is 10.1 Å². The van der Waals surface area contributed by atoms with Crippen molar-refractivity contribution in [1.29, 1.82) is 0 Å². The molecule has 0 aliphatic heterocycles. The van der Waals surface area contributed by atoms with E-state index in [0.717, 1.165) is 28.2 Å². The highest BCUT2D eigenvalue weighted by Crippen LogP contribution is 2.23. The minimum absolute atomic E-state index is 0.140. The van der Waals surface area contributed by atoms with Gasteiger partial charge in [0.1, 0.15) is 15.7 Å². The number of nitrogens with one attached hydrogen (secondary N) is 2. The topological polar surface area (TPSA) is 97.4 Å². The second-order valence-corrected chi connectivity index (χ2v) is 8.79. The van der Waals surface area contributed by atoms with Gasteiger partial charge >= 0.3 is 0 Å². The molecule has 7 nitrogen and oxygen atoms in total.